The van der Waals surface area contributed by atoms with Gasteiger partial charge in [0, 0.05) is 6.42 Å². The summed E-state index contributed by atoms with van der Waals surface area (Å²) < 4.78 is 11.1. The van der Waals surface area contributed by atoms with Gasteiger partial charge in [-0.2, -0.15) is 0 Å². The van der Waals surface area contributed by atoms with Gasteiger partial charge in [-0.05, 0) is 44.9 Å². The Hall–Kier alpha value is -1.33. The summed E-state index contributed by atoms with van der Waals surface area (Å²) in [7, 11) is 0. The van der Waals surface area contributed by atoms with E-state index >= 15 is 0 Å². The third kappa shape index (κ3) is 29.5. The Balaban J connectivity index is 2.05. The minimum absolute atomic E-state index is 0.182. The van der Waals surface area contributed by atoms with E-state index in [9.17, 15) is 30.3 Å². The van der Waals surface area contributed by atoms with Crippen LogP contribution in [0.3, 0.4) is 0 Å². The maximum Gasteiger partial charge on any atom is 0.220 e. The summed E-state index contributed by atoms with van der Waals surface area (Å²) in [5.74, 6) is -0.182. The number of ether oxygens (including phenoxy) is 2. The van der Waals surface area contributed by atoms with E-state index < -0.39 is 49.5 Å². The Morgan fingerprint density at radius 2 is 0.982 bits per heavy atom. The normalized spacial score (nSPS) is 21.1. The highest BCUT2D eigenvalue weighted by Gasteiger charge is 2.44. The summed E-state index contributed by atoms with van der Waals surface area (Å²) in [6.45, 7) is 3.66. The largest absolute Gasteiger partial charge is 0.394 e. The molecular weight excluding hydrogens is 719 g/mol. The topological polar surface area (TPSA) is 149 Å². The molecule has 0 aromatic carbocycles. The van der Waals surface area contributed by atoms with Crippen molar-refractivity contribution in [3.8, 4) is 0 Å². The molecule has 1 amide bonds. The van der Waals surface area contributed by atoms with E-state index in [0.29, 0.717) is 6.42 Å². The number of carbonyl (C=O) groups is 1. The van der Waals surface area contributed by atoms with Crippen molar-refractivity contribution in [1.82, 2.24) is 5.32 Å². The molecule has 0 aromatic rings. The van der Waals surface area contributed by atoms with Gasteiger partial charge < -0.3 is 40.3 Å². The number of carbonyl (C=O) groups excluding carboxylic acids is 1. The van der Waals surface area contributed by atoms with Gasteiger partial charge in [0.25, 0.3) is 0 Å². The van der Waals surface area contributed by atoms with E-state index in [2.05, 4.69) is 31.3 Å². The fourth-order valence-corrected chi connectivity index (χ4v) is 7.62. The molecule has 1 saturated heterocycles. The highest BCUT2D eigenvalue weighted by Crippen LogP contribution is 2.23. The molecule has 1 fully saturated rings. The molecule has 1 aliphatic heterocycles. The Morgan fingerprint density at radius 3 is 1.46 bits per heavy atom. The molecule has 0 radical (unpaired) electrons. The van der Waals surface area contributed by atoms with E-state index in [-0.39, 0.29) is 12.5 Å². The lowest BCUT2D eigenvalue weighted by molar-refractivity contribution is -0.302. The van der Waals surface area contributed by atoms with Gasteiger partial charge >= 0.3 is 0 Å². The molecule has 0 spiro atoms. The van der Waals surface area contributed by atoms with Gasteiger partial charge in [0.05, 0.1) is 25.4 Å². The number of hydrogen-bond donors (Lipinski definition) is 6. The number of rotatable bonds is 40. The molecule has 9 nitrogen and oxygen atoms in total. The van der Waals surface area contributed by atoms with Crippen LogP contribution in [0, 0.1) is 0 Å². The van der Waals surface area contributed by atoms with Gasteiger partial charge in [-0.25, -0.2) is 0 Å². The van der Waals surface area contributed by atoms with E-state index in [1.165, 1.54) is 154 Å². The van der Waals surface area contributed by atoms with Crippen molar-refractivity contribution in [3.63, 3.8) is 0 Å². The lowest BCUT2D eigenvalue weighted by Crippen LogP contribution is -2.60. The molecule has 57 heavy (non-hydrogen) atoms. The number of hydrogen-bond acceptors (Lipinski definition) is 8. The van der Waals surface area contributed by atoms with Gasteiger partial charge in [0.15, 0.2) is 6.29 Å². The Bertz CT molecular complexity index is 945. The van der Waals surface area contributed by atoms with Crippen molar-refractivity contribution in [2.24, 2.45) is 0 Å². The van der Waals surface area contributed by atoms with Crippen LogP contribution in [0.1, 0.15) is 219 Å². The molecule has 336 valence electrons. The molecule has 1 aliphatic rings. The van der Waals surface area contributed by atoms with Crippen LogP contribution in [-0.4, -0.2) is 87.5 Å². The van der Waals surface area contributed by atoms with Gasteiger partial charge in [-0.15, -0.1) is 0 Å². The smallest absolute Gasteiger partial charge is 0.220 e. The summed E-state index contributed by atoms with van der Waals surface area (Å²) in [5.41, 5.74) is 0. The molecule has 7 unspecified atom stereocenters. The summed E-state index contributed by atoms with van der Waals surface area (Å²) >= 11 is 0. The molecule has 6 N–H and O–H groups in total. The van der Waals surface area contributed by atoms with Crippen LogP contribution < -0.4 is 5.32 Å². The third-order valence-corrected chi connectivity index (χ3v) is 11.5. The van der Waals surface area contributed by atoms with Crippen LogP contribution >= 0.6 is 0 Å². The Kier molecular flexibility index (Phi) is 36.6. The van der Waals surface area contributed by atoms with Crippen LogP contribution in [0.4, 0.5) is 0 Å². The summed E-state index contributed by atoms with van der Waals surface area (Å²) in [6.07, 6.45) is 40.2. The van der Waals surface area contributed by atoms with Crippen molar-refractivity contribution >= 4 is 5.91 Å². The summed E-state index contributed by atoms with van der Waals surface area (Å²) in [6, 6.07) is -0.797. The number of amides is 1. The van der Waals surface area contributed by atoms with Crippen LogP contribution in [0.5, 0.6) is 0 Å². The number of unbranched alkanes of at least 4 members (excludes halogenated alkanes) is 28. The maximum absolute atomic E-state index is 12.8. The van der Waals surface area contributed by atoms with Crippen LogP contribution in [0.15, 0.2) is 24.3 Å². The highest BCUT2D eigenvalue weighted by atomic mass is 16.7. The minimum atomic E-state index is -1.56. The first-order chi connectivity index (χ1) is 27.8. The Morgan fingerprint density at radius 1 is 0.579 bits per heavy atom. The lowest BCUT2D eigenvalue weighted by atomic mass is 9.99. The maximum atomic E-state index is 12.8. The number of allylic oxidation sites excluding steroid dienone is 3. The summed E-state index contributed by atoms with van der Waals surface area (Å²) in [4.78, 5) is 12.8. The molecule has 0 aromatic heterocycles. The second-order valence-electron chi connectivity index (χ2n) is 16.9. The predicted molar refractivity (Wildman–Crippen MR) is 235 cm³/mol. The minimum Gasteiger partial charge on any atom is -0.394 e. The van der Waals surface area contributed by atoms with Crippen molar-refractivity contribution in [1.29, 1.82) is 0 Å². The van der Waals surface area contributed by atoms with E-state index in [4.69, 9.17) is 9.47 Å². The average molecular weight is 810 g/mol. The lowest BCUT2D eigenvalue weighted by Gasteiger charge is -2.40. The fraction of sp³-hybridized carbons (Fsp3) is 0.896. The fourth-order valence-electron chi connectivity index (χ4n) is 7.62. The molecule has 0 aliphatic carbocycles. The molecule has 1 rings (SSSR count). The number of aliphatic hydroxyl groups excluding tert-OH is 5. The standard InChI is InChI=1S/C48H91NO8/c1-3-5-7-9-10-11-12-13-14-15-16-17-18-19-20-21-22-23-24-25-26-27-28-29-30-31-32-34-36-38-44(52)49-41(42(51)37-35-33-8-6-4-2)40-56-48-47(55)46(54)45(53)43(39-50)57-48/h15-16,35,37,41-43,45-48,50-51,53-55H,3-14,17-34,36,38-40H2,1-2H3,(H,49,52)/b16-15-,37-35+. The molecular formula is C48H91NO8. The van der Waals surface area contributed by atoms with Crippen molar-refractivity contribution < 1.29 is 39.8 Å². The first kappa shape index (κ1) is 53.7. The van der Waals surface area contributed by atoms with Crippen molar-refractivity contribution in [2.45, 2.75) is 262 Å². The van der Waals surface area contributed by atoms with Crippen LogP contribution in [0.25, 0.3) is 0 Å². The predicted octanol–water partition coefficient (Wildman–Crippen LogP) is 10.3. The first-order valence-electron chi connectivity index (χ1n) is 24.1. The summed E-state index contributed by atoms with van der Waals surface area (Å²) in [5, 5.41) is 53.7. The molecule has 9 heteroatoms. The van der Waals surface area contributed by atoms with Crippen molar-refractivity contribution in [3.05, 3.63) is 24.3 Å². The van der Waals surface area contributed by atoms with E-state index in [1.54, 1.807) is 6.08 Å². The number of aliphatic hydroxyl groups is 5. The second-order valence-corrected chi connectivity index (χ2v) is 16.9. The number of nitrogens with one attached hydrogen (secondary N) is 1. The van der Waals surface area contributed by atoms with Gasteiger partial charge in [-0.1, -0.05) is 192 Å². The van der Waals surface area contributed by atoms with Gasteiger partial charge in [0.1, 0.15) is 24.4 Å². The zero-order chi connectivity index (χ0) is 41.6. The SMILES string of the molecule is CCCCC/C=C/C(O)C(COC1OC(CO)C(O)C(O)C1O)NC(=O)CCCCCCCCCCCCCCCCCCC/C=C\CCCCCCCCCC. The molecule has 0 saturated carbocycles. The zero-order valence-corrected chi connectivity index (χ0v) is 36.9. The van der Waals surface area contributed by atoms with E-state index in [0.717, 1.165) is 44.9 Å². The third-order valence-electron chi connectivity index (χ3n) is 11.5. The Labute approximate surface area is 349 Å². The van der Waals surface area contributed by atoms with Crippen LogP contribution in [0.2, 0.25) is 0 Å². The van der Waals surface area contributed by atoms with E-state index in [1.807, 2.05) is 6.08 Å². The van der Waals surface area contributed by atoms with Crippen LogP contribution in [-0.2, 0) is 14.3 Å². The second kappa shape index (κ2) is 38.8. The van der Waals surface area contributed by atoms with Crippen molar-refractivity contribution in [2.75, 3.05) is 13.2 Å². The highest BCUT2D eigenvalue weighted by molar-refractivity contribution is 5.76. The zero-order valence-electron chi connectivity index (χ0n) is 36.9. The van der Waals surface area contributed by atoms with Gasteiger partial charge in [-0.3, -0.25) is 4.79 Å². The molecule has 1 heterocycles. The molecule has 7 atom stereocenters. The monoisotopic (exact) mass is 810 g/mol. The quantitative estimate of drug-likeness (QED) is 0.0265. The molecule has 0 bridgehead atoms. The van der Waals surface area contributed by atoms with Gasteiger partial charge in [0.2, 0.25) is 5.91 Å². The average Bonchev–Trinajstić information content (AvgIpc) is 3.21. The first-order valence-corrected chi connectivity index (χ1v) is 24.1.